The molecular weight excluding hydrogens is 385 g/mol. The zero-order chi connectivity index (χ0) is 16.7. The third-order valence-electron chi connectivity index (χ3n) is 3.42. The van der Waals surface area contributed by atoms with E-state index in [1.807, 2.05) is 24.6 Å². The monoisotopic (exact) mass is 407 g/mol. The van der Waals surface area contributed by atoms with E-state index < -0.39 is 0 Å². The minimum atomic E-state index is -0.345. The fourth-order valence-electron chi connectivity index (χ4n) is 2.11. The molecule has 0 spiro atoms. The molecule has 8 heteroatoms. The lowest BCUT2D eigenvalue weighted by Crippen LogP contribution is -2.39. The van der Waals surface area contributed by atoms with Crippen molar-refractivity contribution in [3.63, 3.8) is 0 Å². The van der Waals surface area contributed by atoms with E-state index in [0.29, 0.717) is 10.6 Å². The molecular formula is C17H24Cl3N3O2. The summed E-state index contributed by atoms with van der Waals surface area (Å²) < 4.78 is 7.58. The van der Waals surface area contributed by atoms with Crippen molar-refractivity contribution in [2.45, 2.75) is 33.0 Å². The average molecular weight is 409 g/mol. The normalized spacial score (nSPS) is 11.4. The third-order valence-corrected chi connectivity index (χ3v) is 3.67. The molecule has 0 saturated carbocycles. The number of aromatic nitrogens is 2. The van der Waals surface area contributed by atoms with E-state index >= 15 is 0 Å². The second-order valence-corrected chi connectivity index (χ2v) is 6.12. The summed E-state index contributed by atoms with van der Waals surface area (Å²) >= 11 is 5.83. The van der Waals surface area contributed by atoms with Crippen LogP contribution in [0.2, 0.25) is 5.02 Å². The van der Waals surface area contributed by atoms with Gasteiger partial charge in [-0.25, -0.2) is 9.78 Å². The van der Waals surface area contributed by atoms with Crippen molar-refractivity contribution >= 4 is 42.4 Å². The van der Waals surface area contributed by atoms with Crippen LogP contribution in [0.25, 0.3) is 0 Å². The summed E-state index contributed by atoms with van der Waals surface area (Å²) in [6, 6.07) is 6.70. The van der Waals surface area contributed by atoms with Crippen LogP contribution in [-0.4, -0.2) is 28.3 Å². The first-order valence-electron chi connectivity index (χ1n) is 7.72. The Kier molecular flexibility index (Phi) is 11.5. The molecule has 1 unspecified atom stereocenters. The maximum atomic E-state index is 12.2. The fourth-order valence-corrected chi connectivity index (χ4v) is 2.23. The van der Waals surface area contributed by atoms with Gasteiger partial charge in [0.05, 0.1) is 11.9 Å². The molecule has 2 rings (SSSR count). The molecule has 1 heterocycles. The predicted octanol–water partition coefficient (Wildman–Crippen LogP) is 4.20. The van der Waals surface area contributed by atoms with Crippen LogP contribution in [0, 0.1) is 5.92 Å². The summed E-state index contributed by atoms with van der Waals surface area (Å²) in [6.45, 7) is 5.67. The van der Waals surface area contributed by atoms with Gasteiger partial charge < -0.3 is 9.30 Å². The standard InChI is InChI=1S/C17H22ClN3O2.2ClH/c1-13(2)16(20-8-3-10-21-11-9-19-12-21)23-17(22)14-4-6-15(18)7-5-14;;/h4-7,9,11-13,16,20H,3,8,10H2,1-2H3;2*1H. The highest BCUT2D eigenvalue weighted by atomic mass is 35.5. The molecule has 5 nitrogen and oxygen atoms in total. The first-order chi connectivity index (χ1) is 11.1. The molecule has 2 aromatic rings. The molecule has 0 fully saturated rings. The summed E-state index contributed by atoms with van der Waals surface area (Å²) in [5.41, 5.74) is 0.500. The smallest absolute Gasteiger partial charge is 0.339 e. The van der Waals surface area contributed by atoms with Gasteiger partial charge in [-0.05, 0) is 30.7 Å². The summed E-state index contributed by atoms with van der Waals surface area (Å²) in [6.07, 6.45) is 6.10. The number of aryl methyl sites for hydroxylation is 1. The molecule has 1 atom stereocenters. The first-order valence-corrected chi connectivity index (χ1v) is 8.09. The molecule has 1 aromatic carbocycles. The SMILES string of the molecule is CC(C)C(NCCCn1ccnc1)OC(=O)c1ccc(Cl)cc1.Cl.Cl. The number of hydrogen-bond donors (Lipinski definition) is 1. The molecule has 0 aliphatic rings. The molecule has 0 amide bonds. The Morgan fingerprint density at radius 2 is 1.96 bits per heavy atom. The van der Waals surface area contributed by atoms with Crippen LogP contribution in [-0.2, 0) is 11.3 Å². The molecule has 1 aromatic heterocycles. The maximum absolute atomic E-state index is 12.2. The predicted molar refractivity (Wildman–Crippen MR) is 105 cm³/mol. The highest BCUT2D eigenvalue weighted by Gasteiger charge is 2.18. The van der Waals surface area contributed by atoms with Crippen molar-refractivity contribution in [1.82, 2.24) is 14.9 Å². The number of hydrogen-bond acceptors (Lipinski definition) is 4. The summed E-state index contributed by atoms with van der Waals surface area (Å²) in [7, 11) is 0. The quantitative estimate of drug-likeness (QED) is 0.404. The van der Waals surface area contributed by atoms with E-state index in [4.69, 9.17) is 16.3 Å². The van der Waals surface area contributed by atoms with Crippen LogP contribution < -0.4 is 5.32 Å². The first kappa shape index (κ1) is 23.7. The Hall–Kier alpha value is -1.27. The number of nitrogens with zero attached hydrogens (tertiary/aromatic N) is 2. The highest BCUT2D eigenvalue weighted by Crippen LogP contribution is 2.13. The van der Waals surface area contributed by atoms with E-state index in [1.165, 1.54) is 0 Å². The van der Waals surface area contributed by atoms with Crippen LogP contribution in [0.4, 0.5) is 0 Å². The average Bonchev–Trinajstić information content (AvgIpc) is 3.04. The second-order valence-electron chi connectivity index (χ2n) is 5.69. The lowest BCUT2D eigenvalue weighted by atomic mass is 10.1. The zero-order valence-electron chi connectivity index (χ0n) is 14.2. The van der Waals surface area contributed by atoms with Crippen molar-refractivity contribution in [3.8, 4) is 0 Å². The minimum absolute atomic E-state index is 0. The van der Waals surface area contributed by atoms with Gasteiger partial charge in [0.2, 0.25) is 0 Å². The van der Waals surface area contributed by atoms with Crippen LogP contribution in [0.5, 0.6) is 0 Å². The number of rotatable bonds is 8. The van der Waals surface area contributed by atoms with Gasteiger partial charge >= 0.3 is 5.97 Å². The number of carbonyl (C=O) groups is 1. The highest BCUT2D eigenvalue weighted by molar-refractivity contribution is 6.30. The largest absolute Gasteiger partial charge is 0.443 e. The molecule has 0 aliphatic carbocycles. The molecule has 1 N–H and O–H groups in total. The van der Waals surface area contributed by atoms with Crippen molar-refractivity contribution in [3.05, 3.63) is 53.6 Å². The zero-order valence-corrected chi connectivity index (χ0v) is 16.6. The number of nitrogens with one attached hydrogen (secondary N) is 1. The lowest BCUT2D eigenvalue weighted by molar-refractivity contribution is 0.00711. The van der Waals surface area contributed by atoms with E-state index in [9.17, 15) is 4.79 Å². The van der Waals surface area contributed by atoms with Crippen LogP contribution in [0.3, 0.4) is 0 Å². The molecule has 140 valence electrons. The van der Waals surface area contributed by atoms with Gasteiger partial charge in [-0.2, -0.15) is 0 Å². The number of ether oxygens (including phenoxy) is 1. The molecule has 0 bridgehead atoms. The molecule has 25 heavy (non-hydrogen) atoms. The van der Waals surface area contributed by atoms with Gasteiger partial charge in [0.1, 0.15) is 0 Å². The summed E-state index contributed by atoms with van der Waals surface area (Å²) in [5, 5.41) is 3.89. The lowest BCUT2D eigenvalue weighted by Gasteiger charge is -2.22. The van der Waals surface area contributed by atoms with Gasteiger partial charge in [-0.15, -0.1) is 24.8 Å². The Balaban J connectivity index is 0.00000288. The summed E-state index contributed by atoms with van der Waals surface area (Å²) in [4.78, 5) is 16.2. The Bertz CT molecular complexity index is 604. The number of carbonyl (C=O) groups excluding carboxylic acids is 1. The Morgan fingerprint density at radius 1 is 1.28 bits per heavy atom. The molecule has 0 aliphatic heterocycles. The van der Waals surface area contributed by atoms with Gasteiger partial charge in [0.15, 0.2) is 6.23 Å². The topological polar surface area (TPSA) is 56.1 Å². The van der Waals surface area contributed by atoms with Crippen molar-refractivity contribution in [1.29, 1.82) is 0 Å². The van der Waals surface area contributed by atoms with Gasteiger partial charge in [-0.1, -0.05) is 25.4 Å². The number of benzene rings is 1. The van der Waals surface area contributed by atoms with E-state index in [0.717, 1.165) is 19.5 Å². The fraction of sp³-hybridized carbons (Fsp3) is 0.412. The minimum Gasteiger partial charge on any atom is -0.443 e. The Labute approximate surface area is 165 Å². The van der Waals surface area contributed by atoms with Crippen LogP contribution in [0.15, 0.2) is 43.0 Å². The van der Waals surface area contributed by atoms with Gasteiger partial charge in [-0.3, -0.25) is 5.32 Å². The van der Waals surface area contributed by atoms with E-state index in [2.05, 4.69) is 10.3 Å². The maximum Gasteiger partial charge on any atom is 0.339 e. The second kappa shape index (κ2) is 12.1. The number of imidazole rings is 1. The van der Waals surface area contributed by atoms with E-state index in [-0.39, 0.29) is 42.9 Å². The van der Waals surface area contributed by atoms with Gasteiger partial charge in [0, 0.05) is 36.4 Å². The molecule has 0 radical (unpaired) electrons. The molecule has 0 saturated heterocycles. The van der Waals surface area contributed by atoms with Crippen molar-refractivity contribution in [2.24, 2.45) is 5.92 Å². The summed E-state index contributed by atoms with van der Waals surface area (Å²) in [5.74, 6) is -0.165. The van der Waals surface area contributed by atoms with Gasteiger partial charge in [0.25, 0.3) is 0 Å². The Morgan fingerprint density at radius 3 is 2.52 bits per heavy atom. The van der Waals surface area contributed by atoms with Crippen LogP contribution in [0.1, 0.15) is 30.6 Å². The van der Waals surface area contributed by atoms with E-state index in [1.54, 1.807) is 36.8 Å². The van der Waals surface area contributed by atoms with Crippen molar-refractivity contribution in [2.75, 3.05) is 6.54 Å². The number of halogens is 3. The van der Waals surface area contributed by atoms with Crippen LogP contribution >= 0.6 is 36.4 Å². The number of esters is 1. The van der Waals surface area contributed by atoms with Crippen molar-refractivity contribution < 1.29 is 9.53 Å². The third kappa shape index (κ3) is 8.10.